The number of non-ortho nitro benzene ring substituents is 1. The van der Waals surface area contributed by atoms with E-state index in [1.807, 2.05) is 0 Å². The number of benzene rings is 1. The molecule has 9 nitrogen and oxygen atoms in total. The molecule has 1 N–H and O–H groups in total. The number of carbonyl (C=O) groups is 1. The Morgan fingerprint density at radius 3 is 2.54 bits per heavy atom. The molecule has 11 heteroatoms. The van der Waals surface area contributed by atoms with Crippen molar-refractivity contribution >= 4 is 51.7 Å². The molecule has 1 aromatic carbocycles. The molecule has 0 unspecified atom stereocenters. The smallest absolute Gasteiger partial charge is 0.318 e. The first kappa shape index (κ1) is 17.6. The molecule has 2 rings (SSSR count). The number of nitrogens with zero attached hydrogens (tertiary/aromatic N) is 3. The van der Waals surface area contributed by atoms with Crippen molar-refractivity contribution in [1.82, 2.24) is 4.90 Å². The highest BCUT2D eigenvalue weighted by Gasteiger charge is 2.32. The van der Waals surface area contributed by atoms with Crippen LogP contribution in [0.5, 0.6) is 5.75 Å². The van der Waals surface area contributed by atoms with Crippen molar-refractivity contribution < 1.29 is 19.7 Å². The fraction of sp³-hybridized carbons (Fsp3) is 0.0769. The summed E-state index contributed by atoms with van der Waals surface area (Å²) in [6.07, 6.45) is 2.61. The van der Waals surface area contributed by atoms with Gasteiger partial charge in [-0.05, 0) is 6.08 Å². The van der Waals surface area contributed by atoms with Gasteiger partial charge in [0.05, 0.1) is 20.8 Å². The van der Waals surface area contributed by atoms with Crippen molar-refractivity contribution in [3.63, 3.8) is 0 Å². The molecule has 1 saturated heterocycles. The van der Waals surface area contributed by atoms with Gasteiger partial charge < -0.3 is 5.11 Å². The van der Waals surface area contributed by atoms with E-state index in [9.17, 15) is 30.1 Å². The lowest BCUT2D eigenvalue weighted by Crippen LogP contribution is -2.27. The number of phenolic OH excluding ortho intramolecular Hbond substituents is 1. The van der Waals surface area contributed by atoms with Gasteiger partial charge in [0.15, 0.2) is 0 Å². The lowest BCUT2D eigenvalue weighted by atomic mass is 10.1. The van der Waals surface area contributed by atoms with Gasteiger partial charge in [0.25, 0.3) is 11.6 Å². The standard InChI is InChI=1S/C13H9N3O6S2/c1-2-3-14-12(18)10(24-13(14)23)5-7-4-8(15(19)20)6-9(11(7)17)16(21)22/h2,4-6,17H,1,3H2. The maximum Gasteiger partial charge on any atom is 0.318 e. The molecule has 0 radical (unpaired) electrons. The topological polar surface area (TPSA) is 127 Å². The monoisotopic (exact) mass is 367 g/mol. The van der Waals surface area contributed by atoms with Crippen LogP contribution in [-0.4, -0.2) is 36.6 Å². The summed E-state index contributed by atoms with van der Waals surface area (Å²) in [5.74, 6) is -1.24. The third kappa shape index (κ3) is 3.26. The van der Waals surface area contributed by atoms with E-state index in [0.717, 1.165) is 23.9 Å². The van der Waals surface area contributed by atoms with E-state index in [2.05, 4.69) is 6.58 Å². The highest BCUT2D eigenvalue weighted by Crippen LogP contribution is 2.39. The highest BCUT2D eigenvalue weighted by atomic mass is 32.2. The predicted molar refractivity (Wildman–Crippen MR) is 91.5 cm³/mol. The average molecular weight is 367 g/mol. The summed E-state index contributed by atoms with van der Waals surface area (Å²) in [4.78, 5) is 33.6. The number of carbonyl (C=O) groups excluding carboxylic acids is 1. The van der Waals surface area contributed by atoms with E-state index in [-0.39, 0.29) is 21.3 Å². The van der Waals surface area contributed by atoms with Gasteiger partial charge in [-0.25, -0.2) is 0 Å². The predicted octanol–water partition coefficient (Wildman–Crippen LogP) is 2.60. The molecule has 0 spiro atoms. The Bertz CT molecular complexity index is 820. The number of nitro groups is 2. The Morgan fingerprint density at radius 1 is 1.33 bits per heavy atom. The fourth-order valence-corrected chi connectivity index (χ4v) is 3.17. The first-order valence-corrected chi connectivity index (χ1v) is 7.50. The van der Waals surface area contributed by atoms with Gasteiger partial charge >= 0.3 is 5.69 Å². The Balaban J connectivity index is 2.55. The second kappa shape index (κ2) is 6.76. The maximum absolute atomic E-state index is 12.2. The molecule has 0 bridgehead atoms. The summed E-state index contributed by atoms with van der Waals surface area (Å²) < 4.78 is 0.255. The van der Waals surface area contributed by atoms with Crippen LogP contribution >= 0.6 is 24.0 Å². The summed E-state index contributed by atoms with van der Waals surface area (Å²) in [6, 6.07) is 1.60. The van der Waals surface area contributed by atoms with Crippen molar-refractivity contribution in [2.45, 2.75) is 0 Å². The number of thiocarbonyl (C=S) groups is 1. The minimum atomic E-state index is -0.942. The third-order valence-corrected chi connectivity index (χ3v) is 4.36. The van der Waals surface area contributed by atoms with Gasteiger partial charge in [-0.15, -0.1) is 6.58 Å². The Labute approximate surface area is 144 Å². The first-order valence-electron chi connectivity index (χ1n) is 6.28. The molecule has 1 aliphatic heterocycles. The number of hydrogen-bond acceptors (Lipinski definition) is 8. The zero-order valence-corrected chi connectivity index (χ0v) is 13.5. The second-order valence-electron chi connectivity index (χ2n) is 4.50. The molecule has 0 aromatic heterocycles. The number of rotatable bonds is 5. The Kier molecular flexibility index (Phi) is 4.95. The zero-order chi connectivity index (χ0) is 18.0. The van der Waals surface area contributed by atoms with Crippen LogP contribution in [0.15, 0.2) is 29.7 Å². The Morgan fingerprint density at radius 2 is 2.00 bits per heavy atom. The third-order valence-electron chi connectivity index (χ3n) is 2.98. The first-order chi connectivity index (χ1) is 11.3. The van der Waals surface area contributed by atoms with Crippen molar-refractivity contribution in [1.29, 1.82) is 0 Å². The van der Waals surface area contributed by atoms with E-state index in [1.54, 1.807) is 0 Å². The van der Waals surface area contributed by atoms with Crippen LogP contribution in [0.25, 0.3) is 6.08 Å². The lowest BCUT2D eigenvalue weighted by molar-refractivity contribution is -0.394. The van der Waals surface area contributed by atoms with Crippen LogP contribution in [0.4, 0.5) is 11.4 Å². The average Bonchev–Trinajstić information content (AvgIpc) is 2.76. The quantitative estimate of drug-likeness (QED) is 0.277. The normalized spacial score (nSPS) is 15.8. The minimum Gasteiger partial charge on any atom is -0.502 e. The summed E-state index contributed by atoms with van der Waals surface area (Å²) in [5, 5.41) is 31.8. The van der Waals surface area contributed by atoms with Gasteiger partial charge in [0.1, 0.15) is 4.32 Å². The van der Waals surface area contributed by atoms with Crippen molar-refractivity contribution in [3.05, 3.63) is 55.5 Å². The number of phenols is 1. The van der Waals surface area contributed by atoms with E-state index >= 15 is 0 Å². The molecule has 1 fully saturated rings. The molecule has 0 saturated carbocycles. The zero-order valence-electron chi connectivity index (χ0n) is 11.9. The number of nitro benzene ring substituents is 2. The van der Waals surface area contributed by atoms with Gasteiger partial charge in [-0.3, -0.25) is 29.9 Å². The molecule has 1 aromatic rings. The lowest BCUT2D eigenvalue weighted by Gasteiger charge is -2.10. The van der Waals surface area contributed by atoms with Crippen LogP contribution in [-0.2, 0) is 4.79 Å². The van der Waals surface area contributed by atoms with Crippen LogP contribution in [0.3, 0.4) is 0 Å². The summed E-state index contributed by atoms with van der Waals surface area (Å²) >= 11 is 5.97. The van der Waals surface area contributed by atoms with Crippen LogP contribution in [0.1, 0.15) is 5.56 Å². The van der Waals surface area contributed by atoms with Crippen molar-refractivity contribution in [2.75, 3.05) is 6.54 Å². The number of amides is 1. The number of thioether (sulfide) groups is 1. The van der Waals surface area contributed by atoms with Crippen LogP contribution in [0, 0.1) is 20.2 Å². The van der Waals surface area contributed by atoms with E-state index in [1.165, 1.54) is 11.0 Å². The summed E-state index contributed by atoms with van der Waals surface area (Å²) in [6.45, 7) is 3.69. The molecule has 1 aliphatic rings. The van der Waals surface area contributed by atoms with E-state index in [0.29, 0.717) is 6.07 Å². The van der Waals surface area contributed by atoms with Crippen molar-refractivity contribution in [3.8, 4) is 5.75 Å². The fourth-order valence-electron chi connectivity index (χ4n) is 1.91. The van der Waals surface area contributed by atoms with E-state index < -0.39 is 32.9 Å². The van der Waals surface area contributed by atoms with Gasteiger partial charge in [0, 0.05) is 18.2 Å². The molecular formula is C13H9N3O6S2. The van der Waals surface area contributed by atoms with Crippen molar-refractivity contribution in [2.24, 2.45) is 0 Å². The van der Waals surface area contributed by atoms with Crippen LogP contribution < -0.4 is 0 Å². The molecule has 24 heavy (non-hydrogen) atoms. The van der Waals surface area contributed by atoms with Gasteiger partial charge in [-0.1, -0.05) is 30.1 Å². The molecule has 0 atom stereocenters. The molecule has 1 amide bonds. The Hall–Kier alpha value is -2.79. The molecule has 124 valence electrons. The van der Waals surface area contributed by atoms with Crippen LogP contribution in [0.2, 0.25) is 0 Å². The SMILES string of the molecule is C=CCN1C(=O)C(=Cc2cc([N+](=O)[O-])cc([N+](=O)[O-])c2O)SC1=S. The number of aromatic hydroxyl groups is 1. The minimum absolute atomic E-state index is 0.0898. The maximum atomic E-state index is 12.2. The number of hydrogen-bond donors (Lipinski definition) is 1. The molecule has 1 heterocycles. The second-order valence-corrected chi connectivity index (χ2v) is 6.17. The van der Waals surface area contributed by atoms with Gasteiger partial charge in [0.2, 0.25) is 5.75 Å². The molecular weight excluding hydrogens is 358 g/mol. The molecule has 0 aliphatic carbocycles. The summed E-state index contributed by atoms with van der Waals surface area (Å²) in [5.41, 5.74) is -1.61. The highest BCUT2D eigenvalue weighted by molar-refractivity contribution is 8.26. The largest absolute Gasteiger partial charge is 0.502 e. The van der Waals surface area contributed by atoms with E-state index in [4.69, 9.17) is 12.2 Å². The summed E-state index contributed by atoms with van der Waals surface area (Å²) in [7, 11) is 0. The van der Waals surface area contributed by atoms with Gasteiger partial charge in [-0.2, -0.15) is 0 Å².